The molecule has 1 unspecified atom stereocenters. The Kier molecular flexibility index (Phi) is 4.38. The van der Waals surface area contributed by atoms with Gasteiger partial charge in [-0.05, 0) is 25.0 Å². The molecule has 0 aliphatic carbocycles. The standard InChI is InChI=1S/C12H13Cl2NO3S/c13-9-4-1-5-10(14)11(9)15-12(16)8-3-2-6-19(17,18)7-8/h1,4-5,8H,2-3,6-7H2,(H,15,16). The fourth-order valence-electron chi connectivity index (χ4n) is 2.07. The topological polar surface area (TPSA) is 63.2 Å². The number of para-hydroxylation sites is 1. The number of hydrogen-bond acceptors (Lipinski definition) is 3. The van der Waals surface area contributed by atoms with Crippen molar-refractivity contribution in [2.24, 2.45) is 5.92 Å². The smallest absolute Gasteiger partial charge is 0.228 e. The maximum absolute atomic E-state index is 12.1. The van der Waals surface area contributed by atoms with Crippen molar-refractivity contribution in [1.29, 1.82) is 0 Å². The van der Waals surface area contributed by atoms with Crippen molar-refractivity contribution in [3.05, 3.63) is 28.2 Å². The summed E-state index contributed by atoms with van der Waals surface area (Å²) in [5.41, 5.74) is 0.332. The zero-order valence-corrected chi connectivity index (χ0v) is 12.4. The third kappa shape index (κ3) is 3.61. The summed E-state index contributed by atoms with van der Waals surface area (Å²) in [5.74, 6) is -0.839. The number of anilines is 1. The van der Waals surface area contributed by atoms with Crippen molar-refractivity contribution in [1.82, 2.24) is 0 Å². The van der Waals surface area contributed by atoms with Crippen LogP contribution in [0.2, 0.25) is 10.0 Å². The average Bonchev–Trinajstić information content (AvgIpc) is 2.32. The van der Waals surface area contributed by atoms with Crippen LogP contribution < -0.4 is 5.32 Å². The van der Waals surface area contributed by atoms with Gasteiger partial charge in [-0.2, -0.15) is 0 Å². The van der Waals surface area contributed by atoms with Crippen molar-refractivity contribution >= 4 is 44.6 Å². The average molecular weight is 322 g/mol. The molecule has 104 valence electrons. The maximum Gasteiger partial charge on any atom is 0.228 e. The van der Waals surface area contributed by atoms with Gasteiger partial charge in [0.05, 0.1) is 33.2 Å². The first-order valence-electron chi connectivity index (χ1n) is 5.84. The van der Waals surface area contributed by atoms with Gasteiger partial charge in [0.1, 0.15) is 0 Å². The molecule has 0 saturated carbocycles. The van der Waals surface area contributed by atoms with Crippen molar-refractivity contribution in [3.63, 3.8) is 0 Å². The second-order valence-electron chi connectivity index (χ2n) is 4.54. The fourth-order valence-corrected chi connectivity index (χ4v) is 4.27. The molecule has 7 heteroatoms. The second kappa shape index (κ2) is 5.69. The summed E-state index contributed by atoms with van der Waals surface area (Å²) in [6, 6.07) is 4.90. The SMILES string of the molecule is O=C(Nc1c(Cl)cccc1Cl)C1CCCS(=O)(=O)C1. The summed E-state index contributed by atoms with van der Waals surface area (Å²) in [7, 11) is -3.12. The number of benzene rings is 1. The van der Waals surface area contributed by atoms with Crippen LogP contribution in [-0.2, 0) is 14.6 Å². The van der Waals surface area contributed by atoms with Gasteiger partial charge in [-0.25, -0.2) is 8.42 Å². The third-order valence-electron chi connectivity index (χ3n) is 3.04. The molecular weight excluding hydrogens is 309 g/mol. The molecular formula is C12H13Cl2NO3S. The molecule has 1 saturated heterocycles. The van der Waals surface area contributed by atoms with Crippen LogP contribution >= 0.6 is 23.2 Å². The van der Waals surface area contributed by atoms with Gasteiger partial charge in [0.15, 0.2) is 9.84 Å². The van der Waals surface area contributed by atoms with E-state index in [1.807, 2.05) is 0 Å². The molecule has 0 radical (unpaired) electrons. The number of rotatable bonds is 2. The molecule has 1 heterocycles. The number of nitrogens with one attached hydrogen (secondary N) is 1. The Balaban J connectivity index is 2.13. The van der Waals surface area contributed by atoms with Gasteiger partial charge in [-0.3, -0.25) is 4.79 Å². The van der Waals surface area contributed by atoms with Crippen LogP contribution in [0.1, 0.15) is 12.8 Å². The molecule has 1 atom stereocenters. The van der Waals surface area contributed by atoms with Crippen LogP contribution in [0.3, 0.4) is 0 Å². The second-order valence-corrected chi connectivity index (χ2v) is 7.58. The zero-order valence-electron chi connectivity index (χ0n) is 10.0. The van der Waals surface area contributed by atoms with Gasteiger partial charge in [0.25, 0.3) is 0 Å². The van der Waals surface area contributed by atoms with Gasteiger partial charge in [-0.1, -0.05) is 29.3 Å². The summed E-state index contributed by atoms with van der Waals surface area (Å²) in [6.45, 7) is 0. The lowest BCUT2D eigenvalue weighted by atomic mass is 10.0. The molecule has 1 N–H and O–H groups in total. The minimum absolute atomic E-state index is 0.110. The largest absolute Gasteiger partial charge is 0.323 e. The predicted molar refractivity (Wildman–Crippen MR) is 76.5 cm³/mol. The predicted octanol–water partition coefficient (Wildman–Crippen LogP) is 2.76. The third-order valence-corrected chi connectivity index (χ3v) is 5.50. The molecule has 4 nitrogen and oxygen atoms in total. The Morgan fingerprint density at radius 3 is 2.47 bits per heavy atom. The van der Waals surface area contributed by atoms with E-state index in [0.29, 0.717) is 28.6 Å². The highest BCUT2D eigenvalue weighted by atomic mass is 35.5. The lowest BCUT2D eigenvalue weighted by Crippen LogP contribution is -2.34. The maximum atomic E-state index is 12.1. The van der Waals surface area contributed by atoms with E-state index in [1.165, 1.54) is 0 Å². The molecule has 2 rings (SSSR count). The minimum atomic E-state index is -3.12. The summed E-state index contributed by atoms with van der Waals surface area (Å²) in [6.07, 6.45) is 1.07. The number of carbonyl (C=O) groups excluding carboxylic acids is 1. The molecule has 1 aromatic carbocycles. The Hall–Kier alpha value is -0.780. The molecule has 1 fully saturated rings. The van der Waals surface area contributed by atoms with Crippen LogP contribution in [-0.4, -0.2) is 25.8 Å². The van der Waals surface area contributed by atoms with E-state index in [0.717, 1.165) is 0 Å². The molecule has 1 aliphatic rings. The van der Waals surface area contributed by atoms with Gasteiger partial charge < -0.3 is 5.32 Å². The first-order chi connectivity index (χ1) is 8.89. The van der Waals surface area contributed by atoms with Gasteiger partial charge >= 0.3 is 0 Å². The zero-order chi connectivity index (χ0) is 14.0. The number of amides is 1. The van der Waals surface area contributed by atoms with Gasteiger partial charge in [-0.15, -0.1) is 0 Å². The monoisotopic (exact) mass is 321 g/mol. The normalized spacial score (nSPS) is 21.9. The Morgan fingerprint density at radius 2 is 1.89 bits per heavy atom. The lowest BCUT2D eigenvalue weighted by molar-refractivity contribution is -0.119. The van der Waals surface area contributed by atoms with E-state index in [4.69, 9.17) is 23.2 Å². The van der Waals surface area contributed by atoms with Crippen LogP contribution in [0.4, 0.5) is 5.69 Å². The first kappa shape index (κ1) is 14.6. The highest BCUT2D eigenvalue weighted by Crippen LogP contribution is 2.31. The van der Waals surface area contributed by atoms with E-state index in [1.54, 1.807) is 18.2 Å². The van der Waals surface area contributed by atoms with Crippen molar-refractivity contribution in [2.75, 3.05) is 16.8 Å². The van der Waals surface area contributed by atoms with Crippen LogP contribution in [0.15, 0.2) is 18.2 Å². The summed E-state index contributed by atoms with van der Waals surface area (Å²) >= 11 is 11.9. The molecule has 0 aromatic heterocycles. The minimum Gasteiger partial charge on any atom is -0.323 e. The highest BCUT2D eigenvalue weighted by Gasteiger charge is 2.30. The van der Waals surface area contributed by atoms with E-state index >= 15 is 0 Å². The van der Waals surface area contributed by atoms with Crippen molar-refractivity contribution in [2.45, 2.75) is 12.8 Å². The van der Waals surface area contributed by atoms with Crippen LogP contribution in [0, 0.1) is 5.92 Å². The highest BCUT2D eigenvalue weighted by molar-refractivity contribution is 7.91. The lowest BCUT2D eigenvalue weighted by Gasteiger charge is -2.21. The summed E-state index contributed by atoms with van der Waals surface area (Å²) in [4.78, 5) is 12.1. The van der Waals surface area contributed by atoms with E-state index < -0.39 is 15.8 Å². The number of carbonyl (C=O) groups is 1. The van der Waals surface area contributed by atoms with Crippen molar-refractivity contribution in [3.8, 4) is 0 Å². The summed E-state index contributed by atoms with van der Waals surface area (Å²) < 4.78 is 23.0. The quantitative estimate of drug-likeness (QED) is 0.911. The van der Waals surface area contributed by atoms with Gasteiger partial charge in [0, 0.05) is 0 Å². The molecule has 19 heavy (non-hydrogen) atoms. The number of sulfone groups is 1. The van der Waals surface area contributed by atoms with Crippen LogP contribution in [0.5, 0.6) is 0 Å². The Morgan fingerprint density at radius 1 is 1.26 bits per heavy atom. The Bertz CT molecular complexity index is 581. The first-order valence-corrected chi connectivity index (χ1v) is 8.42. The molecule has 1 aliphatic heterocycles. The molecule has 0 bridgehead atoms. The van der Waals surface area contributed by atoms with Crippen LogP contribution in [0.25, 0.3) is 0 Å². The number of hydrogen-bond donors (Lipinski definition) is 1. The van der Waals surface area contributed by atoms with E-state index in [-0.39, 0.29) is 17.4 Å². The fraction of sp³-hybridized carbons (Fsp3) is 0.417. The van der Waals surface area contributed by atoms with Crippen molar-refractivity contribution < 1.29 is 13.2 Å². The molecule has 0 spiro atoms. The molecule has 1 aromatic rings. The molecule has 1 amide bonds. The summed E-state index contributed by atoms with van der Waals surface area (Å²) in [5, 5.41) is 3.28. The Labute approximate surface area is 122 Å². The van der Waals surface area contributed by atoms with E-state index in [9.17, 15) is 13.2 Å². The van der Waals surface area contributed by atoms with E-state index in [2.05, 4.69) is 5.32 Å². The number of halogens is 2. The van der Waals surface area contributed by atoms with Gasteiger partial charge in [0.2, 0.25) is 5.91 Å².